The van der Waals surface area contributed by atoms with Gasteiger partial charge in [0, 0.05) is 24.9 Å². The normalized spacial score (nSPS) is 10.6. The molecule has 0 saturated carbocycles. The summed E-state index contributed by atoms with van der Waals surface area (Å²) in [6.07, 6.45) is 0.973. The highest BCUT2D eigenvalue weighted by Gasteiger charge is 2.08. The van der Waals surface area contributed by atoms with Crippen molar-refractivity contribution in [1.82, 2.24) is 15.5 Å². The maximum absolute atomic E-state index is 12.1. The Balaban J connectivity index is 1.46. The molecule has 152 valence electrons. The lowest BCUT2D eigenvalue weighted by molar-refractivity contribution is -0.120. The number of nitrogens with zero attached hydrogens (tertiary/aromatic N) is 1. The van der Waals surface area contributed by atoms with Gasteiger partial charge in [-0.15, -0.1) is 0 Å². The highest BCUT2D eigenvalue weighted by Crippen LogP contribution is 2.27. The highest BCUT2D eigenvalue weighted by molar-refractivity contribution is 5.90. The fraction of sp³-hybridized carbons (Fsp3) is 0.286. The number of methoxy groups -OCH3 is 2. The number of fused-ring (bicyclic) bond motifs is 1. The molecule has 0 spiro atoms. The van der Waals surface area contributed by atoms with Crippen LogP contribution in [0.3, 0.4) is 0 Å². The number of carbonyl (C=O) groups excluding carboxylic acids is 1. The van der Waals surface area contributed by atoms with Crippen molar-refractivity contribution in [3.8, 4) is 11.5 Å². The Morgan fingerprint density at radius 3 is 2.55 bits per heavy atom. The van der Waals surface area contributed by atoms with Crippen LogP contribution in [0.5, 0.6) is 11.5 Å². The third kappa shape index (κ3) is 5.04. The Kier molecular flexibility index (Phi) is 6.67. The Hall–Kier alpha value is -3.55. The van der Waals surface area contributed by atoms with Crippen LogP contribution in [0, 0.1) is 0 Å². The van der Waals surface area contributed by atoms with Crippen molar-refractivity contribution in [2.75, 3.05) is 32.6 Å². The van der Waals surface area contributed by atoms with Gasteiger partial charge in [-0.1, -0.05) is 24.3 Å². The number of H-pyrrole nitrogens is 1. The largest absolute Gasteiger partial charge is 0.493 e. The molecule has 0 radical (unpaired) electrons. The molecule has 0 aliphatic heterocycles. The topological polar surface area (TPSA) is 105 Å². The molecule has 0 saturated heterocycles. The molecule has 29 heavy (non-hydrogen) atoms. The lowest BCUT2D eigenvalue weighted by Gasteiger charge is -2.10. The number of nitrogens with one attached hydrogen (secondary N) is 3. The lowest BCUT2D eigenvalue weighted by atomic mass is 10.1. The van der Waals surface area contributed by atoms with Gasteiger partial charge < -0.3 is 20.1 Å². The summed E-state index contributed by atoms with van der Waals surface area (Å²) in [7, 11) is 3.17. The van der Waals surface area contributed by atoms with E-state index >= 15 is 0 Å². The quantitative estimate of drug-likeness (QED) is 0.479. The summed E-state index contributed by atoms with van der Waals surface area (Å²) in [6.45, 7) is 0.936. The van der Waals surface area contributed by atoms with Gasteiger partial charge in [-0.05, 0) is 30.2 Å². The van der Waals surface area contributed by atoms with Gasteiger partial charge in [0.05, 0.1) is 19.6 Å². The molecule has 0 bridgehead atoms. The van der Waals surface area contributed by atoms with Crippen LogP contribution in [-0.2, 0) is 11.2 Å². The van der Waals surface area contributed by atoms with E-state index < -0.39 is 0 Å². The summed E-state index contributed by atoms with van der Waals surface area (Å²) >= 11 is 0. The SMILES string of the molecule is COc1ccc(CCC(=O)NCCNc2n[nH]c(=O)c3ccccc23)cc1OC. The molecular weight excluding hydrogens is 372 g/mol. The van der Waals surface area contributed by atoms with E-state index in [1.54, 1.807) is 26.4 Å². The molecule has 0 atom stereocenters. The molecule has 0 fully saturated rings. The number of hydrogen-bond donors (Lipinski definition) is 3. The third-order valence-corrected chi connectivity index (χ3v) is 4.52. The van der Waals surface area contributed by atoms with E-state index in [1.165, 1.54) is 0 Å². The summed E-state index contributed by atoms with van der Waals surface area (Å²) in [6, 6.07) is 12.9. The molecule has 1 amide bonds. The van der Waals surface area contributed by atoms with E-state index in [9.17, 15) is 9.59 Å². The second-order valence-corrected chi connectivity index (χ2v) is 6.41. The number of amides is 1. The van der Waals surface area contributed by atoms with Crippen molar-refractivity contribution in [2.24, 2.45) is 0 Å². The Bertz CT molecular complexity index is 1050. The monoisotopic (exact) mass is 396 g/mol. The molecule has 8 heteroatoms. The number of rotatable bonds is 9. The zero-order valence-corrected chi connectivity index (χ0v) is 16.5. The van der Waals surface area contributed by atoms with Crippen molar-refractivity contribution in [1.29, 1.82) is 0 Å². The number of aryl methyl sites for hydroxylation is 1. The molecule has 0 aliphatic carbocycles. The van der Waals surface area contributed by atoms with E-state index in [-0.39, 0.29) is 11.5 Å². The zero-order chi connectivity index (χ0) is 20.6. The van der Waals surface area contributed by atoms with Crippen LogP contribution in [0.1, 0.15) is 12.0 Å². The third-order valence-electron chi connectivity index (χ3n) is 4.52. The van der Waals surface area contributed by atoms with E-state index in [0.29, 0.717) is 48.6 Å². The van der Waals surface area contributed by atoms with Crippen LogP contribution in [0.25, 0.3) is 10.8 Å². The van der Waals surface area contributed by atoms with Crippen LogP contribution >= 0.6 is 0 Å². The van der Waals surface area contributed by atoms with Crippen molar-refractivity contribution < 1.29 is 14.3 Å². The average molecular weight is 396 g/mol. The van der Waals surface area contributed by atoms with Gasteiger partial charge in [0.25, 0.3) is 5.56 Å². The minimum Gasteiger partial charge on any atom is -0.493 e. The fourth-order valence-corrected chi connectivity index (χ4v) is 3.01. The Morgan fingerprint density at radius 2 is 1.79 bits per heavy atom. The summed E-state index contributed by atoms with van der Waals surface area (Å²) < 4.78 is 10.5. The molecule has 1 heterocycles. The Labute approximate surface area is 168 Å². The fourth-order valence-electron chi connectivity index (χ4n) is 3.01. The predicted molar refractivity (Wildman–Crippen MR) is 112 cm³/mol. The molecule has 3 aromatic rings. The van der Waals surface area contributed by atoms with Crippen LogP contribution in [-0.4, -0.2) is 43.4 Å². The molecule has 8 nitrogen and oxygen atoms in total. The summed E-state index contributed by atoms with van der Waals surface area (Å²) in [5.74, 6) is 1.85. The summed E-state index contributed by atoms with van der Waals surface area (Å²) in [5, 5.41) is 13.9. The zero-order valence-electron chi connectivity index (χ0n) is 16.5. The van der Waals surface area contributed by atoms with Crippen molar-refractivity contribution in [3.05, 3.63) is 58.4 Å². The number of aromatic nitrogens is 2. The van der Waals surface area contributed by atoms with Crippen LogP contribution in [0.15, 0.2) is 47.3 Å². The number of carbonyl (C=O) groups is 1. The minimum absolute atomic E-state index is 0.0409. The molecule has 3 N–H and O–H groups in total. The smallest absolute Gasteiger partial charge is 0.272 e. The van der Waals surface area contributed by atoms with Gasteiger partial charge in [-0.25, -0.2) is 5.10 Å². The standard InChI is InChI=1S/C21H24N4O4/c1-28-17-9-7-14(13-18(17)29-2)8-10-19(26)22-11-12-23-20-15-5-3-4-6-16(15)21(27)25-24-20/h3-7,9,13H,8,10-12H2,1-2H3,(H,22,26)(H,23,24)(H,25,27). The second kappa shape index (κ2) is 9.59. The average Bonchev–Trinajstić information content (AvgIpc) is 2.76. The first-order valence-corrected chi connectivity index (χ1v) is 9.31. The number of anilines is 1. The van der Waals surface area contributed by atoms with Crippen LogP contribution in [0.2, 0.25) is 0 Å². The molecule has 3 rings (SSSR count). The Morgan fingerprint density at radius 1 is 1.03 bits per heavy atom. The van der Waals surface area contributed by atoms with Gasteiger partial charge in [0.15, 0.2) is 17.3 Å². The van der Waals surface area contributed by atoms with Gasteiger partial charge in [-0.3, -0.25) is 9.59 Å². The number of aromatic amines is 1. The number of benzene rings is 2. The van der Waals surface area contributed by atoms with E-state index in [2.05, 4.69) is 20.8 Å². The second-order valence-electron chi connectivity index (χ2n) is 6.41. The van der Waals surface area contributed by atoms with Crippen LogP contribution < -0.4 is 25.7 Å². The summed E-state index contributed by atoms with van der Waals surface area (Å²) in [4.78, 5) is 23.9. The van der Waals surface area contributed by atoms with Crippen molar-refractivity contribution in [3.63, 3.8) is 0 Å². The predicted octanol–water partition coefficient (Wildman–Crippen LogP) is 2.10. The number of hydrogen-bond acceptors (Lipinski definition) is 6. The first-order valence-electron chi connectivity index (χ1n) is 9.31. The molecule has 0 aliphatic rings. The molecular formula is C21H24N4O4. The molecule has 2 aromatic carbocycles. The highest BCUT2D eigenvalue weighted by atomic mass is 16.5. The molecule has 1 aromatic heterocycles. The molecule has 0 unspecified atom stereocenters. The van der Waals surface area contributed by atoms with E-state index in [4.69, 9.17) is 9.47 Å². The summed E-state index contributed by atoms with van der Waals surface area (Å²) in [5.41, 5.74) is 0.773. The van der Waals surface area contributed by atoms with Gasteiger partial charge in [-0.2, -0.15) is 5.10 Å². The minimum atomic E-state index is -0.227. The van der Waals surface area contributed by atoms with Crippen LogP contribution in [0.4, 0.5) is 5.82 Å². The van der Waals surface area contributed by atoms with Gasteiger partial charge >= 0.3 is 0 Å². The van der Waals surface area contributed by atoms with E-state index in [1.807, 2.05) is 30.3 Å². The first kappa shape index (κ1) is 20.2. The first-order chi connectivity index (χ1) is 14.1. The van der Waals surface area contributed by atoms with E-state index in [0.717, 1.165) is 10.9 Å². The van der Waals surface area contributed by atoms with Gasteiger partial charge in [0.2, 0.25) is 5.91 Å². The van der Waals surface area contributed by atoms with Crippen molar-refractivity contribution in [2.45, 2.75) is 12.8 Å². The maximum atomic E-state index is 12.1. The lowest BCUT2D eigenvalue weighted by Crippen LogP contribution is -2.29. The van der Waals surface area contributed by atoms with Crippen molar-refractivity contribution >= 4 is 22.5 Å². The maximum Gasteiger partial charge on any atom is 0.272 e. The van der Waals surface area contributed by atoms with Gasteiger partial charge in [0.1, 0.15) is 0 Å². The number of ether oxygens (including phenoxy) is 2.